The Kier molecular flexibility index (Phi) is 7.85. The van der Waals surface area contributed by atoms with Gasteiger partial charge in [0.25, 0.3) is 11.8 Å². The van der Waals surface area contributed by atoms with E-state index in [1.807, 2.05) is 6.92 Å². The highest BCUT2D eigenvalue weighted by Crippen LogP contribution is 2.42. The molecule has 4 N–H and O–H groups in total. The van der Waals surface area contributed by atoms with Crippen molar-refractivity contribution < 1.29 is 24.3 Å². The van der Waals surface area contributed by atoms with Crippen molar-refractivity contribution in [2.45, 2.75) is 29.6 Å². The van der Waals surface area contributed by atoms with Crippen molar-refractivity contribution in [1.29, 1.82) is 0 Å². The number of β-lactam (4-membered cyclic amide) rings is 1. The van der Waals surface area contributed by atoms with Gasteiger partial charge >= 0.3 is 5.97 Å². The topological polar surface area (TPSA) is 173 Å². The fourth-order valence-corrected chi connectivity index (χ4v) is 7.50. The first-order chi connectivity index (χ1) is 16.7. The minimum Gasteiger partial charge on any atom is -0.477 e. The number of rotatable bonds is 9. The molecule has 0 aromatic carbocycles. The first-order valence-electron chi connectivity index (χ1n) is 9.97. The first kappa shape index (κ1) is 25.7. The van der Waals surface area contributed by atoms with Crippen molar-refractivity contribution in [3.05, 3.63) is 26.3 Å². The van der Waals surface area contributed by atoms with Crippen LogP contribution in [0.2, 0.25) is 4.34 Å². The molecule has 1 saturated heterocycles. The fraction of sp³-hybridized carbons (Fsp3) is 0.389. The van der Waals surface area contributed by atoms with Crippen LogP contribution >= 0.6 is 57.8 Å². The zero-order valence-electron chi connectivity index (χ0n) is 18.2. The molecule has 0 radical (unpaired) electrons. The van der Waals surface area contributed by atoms with E-state index in [-0.39, 0.29) is 33.2 Å². The lowest BCUT2D eigenvalue weighted by atomic mass is 10.0. The van der Waals surface area contributed by atoms with E-state index in [9.17, 15) is 19.5 Å². The van der Waals surface area contributed by atoms with E-state index in [1.165, 1.54) is 39.8 Å². The van der Waals surface area contributed by atoms with Gasteiger partial charge in [-0.15, -0.1) is 22.0 Å². The minimum atomic E-state index is -1.21. The Morgan fingerprint density at radius 2 is 2.17 bits per heavy atom. The smallest absolute Gasteiger partial charge is 0.352 e. The summed E-state index contributed by atoms with van der Waals surface area (Å²) in [5.41, 5.74) is 6.01. The molecular weight excluding hydrogens is 558 g/mol. The molecule has 35 heavy (non-hydrogen) atoms. The maximum Gasteiger partial charge on any atom is 0.352 e. The Labute approximate surface area is 220 Å². The van der Waals surface area contributed by atoms with Crippen LogP contribution in [0.5, 0.6) is 0 Å². The average molecular weight is 576 g/mol. The third kappa shape index (κ3) is 5.25. The lowest BCUT2D eigenvalue weighted by Gasteiger charge is -2.49. The van der Waals surface area contributed by atoms with Crippen molar-refractivity contribution in [3.63, 3.8) is 0 Å². The number of aliphatic carboxylic acids is 1. The third-order valence-corrected chi connectivity index (χ3v) is 9.22. The highest BCUT2D eigenvalue weighted by Gasteiger charge is 2.54. The van der Waals surface area contributed by atoms with Gasteiger partial charge in [0.2, 0.25) is 0 Å². The zero-order chi connectivity index (χ0) is 25.3. The number of oxime groups is 1. The number of anilines is 1. The molecule has 12 nitrogen and oxygen atoms in total. The summed E-state index contributed by atoms with van der Waals surface area (Å²) in [5, 5.41) is 24.6. The first-order valence-corrected chi connectivity index (χ1v) is 14.0. The summed E-state index contributed by atoms with van der Waals surface area (Å²) in [6.45, 7) is 3.70. The van der Waals surface area contributed by atoms with Crippen LogP contribution in [0.4, 0.5) is 5.13 Å². The number of carboxylic acids is 1. The molecule has 2 aliphatic heterocycles. The maximum atomic E-state index is 13.0. The molecule has 2 aromatic rings. The van der Waals surface area contributed by atoms with Gasteiger partial charge in [-0.25, -0.2) is 9.78 Å². The van der Waals surface area contributed by atoms with Gasteiger partial charge in [0.1, 0.15) is 38.8 Å². The Balaban J connectivity index is 1.50. The molecule has 2 atom stereocenters. The molecule has 2 amide bonds. The summed E-state index contributed by atoms with van der Waals surface area (Å²) in [4.78, 5) is 48.2. The number of nitrogens with zero attached hydrogens (tertiary/aromatic N) is 5. The number of amides is 2. The van der Waals surface area contributed by atoms with Crippen molar-refractivity contribution >= 4 is 86.4 Å². The van der Waals surface area contributed by atoms with Crippen LogP contribution in [-0.4, -0.2) is 78.2 Å². The number of carbonyl (C=O) groups excluding carboxylic acids is 2. The van der Waals surface area contributed by atoms with Gasteiger partial charge in [-0.2, -0.15) is 0 Å². The van der Waals surface area contributed by atoms with Gasteiger partial charge in [0.15, 0.2) is 15.2 Å². The number of carboxylic acid groups (broad SMARTS) is 1. The molecule has 17 heteroatoms. The summed E-state index contributed by atoms with van der Waals surface area (Å²) in [7, 11) is 0. The average Bonchev–Trinajstić information content (AvgIpc) is 3.39. The summed E-state index contributed by atoms with van der Waals surface area (Å²) in [6, 6.07) is -0.955. The van der Waals surface area contributed by atoms with Crippen molar-refractivity contribution in [1.82, 2.24) is 25.4 Å². The molecule has 0 saturated carbocycles. The number of nitrogen functional groups attached to an aromatic ring is 1. The minimum absolute atomic E-state index is 0.0392. The summed E-state index contributed by atoms with van der Waals surface area (Å²) < 4.78 is 0.864. The van der Waals surface area contributed by atoms with Crippen LogP contribution in [0.15, 0.2) is 20.8 Å². The van der Waals surface area contributed by atoms with Crippen LogP contribution in [0.1, 0.15) is 17.6 Å². The van der Waals surface area contributed by atoms with Gasteiger partial charge in [-0.3, -0.25) is 14.5 Å². The number of aryl methyl sites for hydroxylation is 1. The summed E-state index contributed by atoms with van der Waals surface area (Å²) in [6.07, 6.45) is 0. The lowest BCUT2D eigenvalue weighted by molar-refractivity contribution is -0.150. The second-order valence-electron chi connectivity index (χ2n) is 7.03. The number of hydrogen-bond donors (Lipinski definition) is 3. The van der Waals surface area contributed by atoms with E-state index >= 15 is 0 Å². The number of nitrogens with two attached hydrogens (primary N) is 1. The number of hydrogen-bond acceptors (Lipinski definition) is 13. The Morgan fingerprint density at radius 3 is 2.77 bits per heavy atom. The predicted octanol–water partition coefficient (Wildman–Crippen LogP) is 1.81. The Morgan fingerprint density at radius 1 is 1.40 bits per heavy atom. The van der Waals surface area contributed by atoms with Crippen molar-refractivity contribution in [3.8, 4) is 0 Å². The predicted molar refractivity (Wildman–Crippen MR) is 135 cm³/mol. The maximum absolute atomic E-state index is 13.0. The van der Waals surface area contributed by atoms with E-state index in [4.69, 9.17) is 22.2 Å². The monoisotopic (exact) mass is 575 g/mol. The van der Waals surface area contributed by atoms with Gasteiger partial charge in [0, 0.05) is 11.5 Å². The quantitative estimate of drug-likeness (QED) is 0.172. The second kappa shape index (κ2) is 10.7. The van der Waals surface area contributed by atoms with E-state index < -0.39 is 29.2 Å². The molecule has 0 spiro atoms. The van der Waals surface area contributed by atoms with Gasteiger partial charge in [-0.1, -0.05) is 51.2 Å². The van der Waals surface area contributed by atoms with Crippen LogP contribution in [-0.2, 0) is 19.2 Å². The molecule has 4 heterocycles. The molecule has 0 aliphatic carbocycles. The van der Waals surface area contributed by atoms with Crippen LogP contribution < -0.4 is 11.1 Å². The molecule has 2 aromatic heterocycles. The van der Waals surface area contributed by atoms with Crippen molar-refractivity contribution in [2.24, 2.45) is 5.16 Å². The van der Waals surface area contributed by atoms with Crippen LogP contribution in [0, 0.1) is 6.92 Å². The van der Waals surface area contributed by atoms with Gasteiger partial charge in [-0.05, 0) is 19.4 Å². The molecule has 1 unspecified atom stereocenters. The third-order valence-electron chi connectivity index (χ3n) is 4.74. The SMILES string of the molecule is CCON=C(C(=O)NC1C(=O)N2C(C(=O)O)=C(CSc3nnc(C)s3)CS[C@@H]12)c1nc(N)sc1Cl. The van der Waals surface area contributed by atoms with E-state index in [0.717, 1.165) is 20.7 Å². The van der Waals surface area contributed by atoms with Crippen molar-refractivity contribution in [2.75, 3.05) is 23.8 Å². The van der Waals surface area contributed by atoms with E-state index in [0.29, 0.717) is 17.1 Å². The molecule has 0 bridgehead atoms. The molecular formula is C18H18ClN7O5S4. The van der Waals surface area contributed by atoms with E-state index in [2.05, 4.69) is 25.7 Å². The standard InChI is InChI=1S/C18H18ClN7O5S4/c1-3-31-25-9(8-12(19)35-17(20)22-8)13(27)21-10-14(28)26-11(16(29)30)7(4-32-15(10)26)5-33-18-24-23-6(2)34-18/h10,15H,3-5H2,1-2H3,(H2,20,22)(H,21,27)(H,29,30)/t10?,15-/m0/s1. The normalized spacial score (nSPS) is 19.9. The molecule has 4 rings (SSSR count). The number of nitrogens with one attached hydrogen (secondary N) is 1. The lowest BCUT2D eigenvalue weighted by Crippen LogP contribution is -2.71. The summed E-state index contributed by atoms with van der Waals surface area (Å²) in [5.74, 6) is -1.76. The number of thioether (sulfide) groups is 2. The van der Waals surface area contributed by atoms with Gasteiger partial charge < -0.3 is 21.0 Å². The van der Waals surface area contributed by atoms with Crippen LogP contribution in [0.3, 0.4) is 0 Å². The number of aromatic nitrogens is 3. The Hall–Kier alpha value is -2.40. The fourth-order valence-electron chi connectivity index (χ4n) is 3.27. The largest absolute Gasteiger partial charge is 0.477 e. The zero-order valence-corrected chi connectivity index (χ0v) is 22.2. The molecule has 186 valence electrons. The van der Waals surface area contributed by atoms with Crippen LogP contribution in [0.25, 0.3) is 0 Å². The number of carbonyl (C=O) groups is 3. The molecule has 1 fully saturated rings. The second-order valence-corrected chi connectivity index (χ2v) is 12.2. The number of thiazole rings is 1. The number of fused-ring (bicyclic) bond motifs is 1. The highest BCUT2D eigenvalue weighted by atomic mass is 35.5. The Bertz CT molecular complexity index is 1250. The molecule has 2 aliphatic rings. The number of halogens is 1. The summed E-state index contributed by atoms with van der Waals surface area (Å²) >= 11 is 11.2. The van der Waals surface area contributed by atoms with Gasteiger partial charge in [0.05, 0.1) is 0 Å². The van der Waals surface area contributed by atoms with E-state index in [1.54, 1.807) is 6.92 Å². The highest BCUT2D eigenvalue weighted by molar-refractivity contribution is 8.01.